The minimum absolute atomic E-state index is 0.0501. The van der Waals surface area contributed by atoms with E-state index in [9.17, 15) is 18.0 Å². The highest BCUT2D eigenvalue weighted by atomic mass is 32.2. The molecule has 1 fully saturated rings. The van der Waals surface area contributed by atoms with Crippen LogP contribution in [-0.4, -0.2) is 52.3 Å². The second kappa shape index (κ2) is 6.14. The second-order valence-corrected chi connectivity index (χ2v) is 8.06. The quantitative estimate of drug-likeness (QED) is 0.738. The van der Waals surface area contributed by atoms with Gasteiger partial charge in [-0.05, 0) is 6.42 Å². The molecule has 0 aromatic carbocycles. The number of amides is 2. The number of nitrogens with one attached hydrogen (secondary N) is 1. The van der Waals surface area contributed by atoms with Crippen molar-refractivity contribution in [2.24, 2.45) is 7.05 Å². The number of carbonyl (C=O) groups excluding carboxylic acids is 2. The molecule has 0 aliphatic carbocycles. The van der Waals surface area contributed by atoms with Gasteiger partial charge in [0.25, 0.3) is 0 Å². The van der Waals surface area contributed by atoms with Crippen molar-refractivity contribution in [3.63, 3.8) is 0 Å². The Morgan fingerprint density at radius 1 is 1.43 bits per heavy atom. The smallest absolute Gasteiger partial charge is 0.237 e. The maximum atomic E-state index is 11.5. The summed E-state index contributed by atoms with van der Waals surface area (Å²) in [6.07, 6.45) is 0.545. The zero-order valence-corrected chi connectivity index (χ0v) is 13.3. The highest BCUT2D eigenvalue weighted by Gasteiger charge is 2.32. The Kier molecular flexibility index (Phi) is 4.67. The molecular formula is C11H16N4O4S2. The lowest BCUT2D eigenvalue weighted by Gasteiger charge is -2.07. The summed E-state index contributed by atoms with van der Waals surface area (Å²) < 4.78 is 24.7. The number of carbonyl (C=O) groups is 2. The first kappa shape index (κ1) is 16.0. The Morgan fingerprint density at radius 3 is 2.71 bits per heavy atom. The van der Waals surface area contributed by atoms with Crippen LogP contribution in [0.2, 0.25) is 0 Å². The fourth-order valence-corrected chi connectivity index (χ4v) is 4.63. The number of imide groups is 1. The Balaban J connectivity index is 2.01. The van der Waals surface area contributed by atoms with Crippen LogP contribution in [0.15, 0.2) is 5.16 Å². The van der Waals surface area contributed by atoms with E-state index in [2.05, 4.69) is 15.5 Å². The van der Waals surface area contributed by atoms with Crippen molar-refractivity contribution in [3.05, 3.63) is 5.82 Å². The van der Waals surface area contributed by atoms with Crippen LogP contribution >= 0.6 is 11.8 Å². The topological polar surface area (TPSA) is 111 Å². The van der Waals surface area contributed by atoms with Crippen molar-refractivity contribution < 1.29 is 18.0 Å². The Hall–Kier alpha value is -1.42. The van der Waals surface area contributed by atoms with Gasteiger partial charge in [0.2, 0.25) is 11.8 Å². The number of nitrogens with zero attached hydrogens (tertiary/aromatic N) is 3. The van der Waals surface area contributed by atoms with Gasteiger partial charge in [0.05, 0.1) is 17.3 Å². The molecule has 0 unspecified atom stereocenters. The van der Waals surface area contributed by atoms with Gasteiger partial charge in [0.15, 0.2) is 15.0 Å². The van der Waals surface area contributed by atoms with Crippen LogP contribution < -0.4 is 5.32 Å². The Bertz CT molecular complexity index is 668. The Morgan fingerprint density at radius 2 is 2.14 bits per heavy atom. The SMILES string of the molecule is CC(=O)NC(=O)CSc1nnc([C@@H]2CCS(=O)(=O)C2)n1C. The predicted octanol–water partition coefficient (Wildman–Crippen LogP) is -0.528. The molecule has 21 heavy (non-hydrogen) atoms. The molecule has 0 spiro atoms. The molecule has 1 N–H and O–H groups in total. The van der Waals surface area contributed by atoms with Gasteiger partial charge in [0, 0.05) is 19.9 Å². The van der Waals surface area contributed by atoms with Crippen LogP contribution in [0.3, 0.4) is 0 Å². The second-order valence-electron chi connectivity index (χ2n) is 4.89. The highest BCUT2D eigenvalue weighted by Crippen LogP contribution is 2.29. The van der Waals surface area contributed by atoms with Crippen molar-refractivity contribution >= 4 is 33.4 Å². The van der Waals surface area contributed by atoms with E-state index in [1.54, 1.807) is 11.6 Å². The molecule has 1 atom stereocenters. The summed E-state index contributed by atoms with van der Waals surface area (Å²) in [5.74, 6) is -0.0221. The molecule has 1 aromatic rings. The lowest BCUT2D eigenvalue weighted by Crippen LogP contribution is -2.29. The maximum absolute atomic E-state index is 11.5. The fourth-order valence-electron chi connectivity index (χ4n) is 2.17. The lowest BCUT2D eigenvalue weighted by atomic mass is 10.1. The molecule has 10 heteroatoms. The number of hydrogen-bond donors (Lipinski definition) is 1. The summed E-state index contributed by atoms with van der Waals surface area (Å²) in [4.78, 5) is 22.1. The lowest BCUT2D eigenvalue weighted by molar-refractivity contribution is -0.127. The Labute approximate surface area is 126 Å². The van der Waals surface area contributed by atoms with Crippen LogP contribution in [-0.2, 0) is 26.5 Å². The molecule has 2 heterocycles. The summed E-state index contributed by atoms with van der Waals surface area (Å²) in [6.45, 7) is 1.27. The number of thioether (sulfide) groups is 1. The highest BCUT2D eigenvalue weighted by molar-refractivity contribution is 7.99. The summed E-state index contributed by atoms with van der Waals surface area (Å²) >= 11 is 1.15. The summed E-state index contributed by atoms with van der Waals surface area (Å²) in [5.41, 5.74) is 0. The molecule has 0 bridgehead atoms. The van der Waals surface area contributed by atoms with Crippen LogP contribution in [0.1, 0.15) is 25.1 Å². The average molecular weight is 332 g/mol. The van der Waals surface area contributed by atoms with Crippen LogP contribution in [0, 0.1) is 0 Å². The van der Waals surface area contributed by atoms with E-state index in [1.807, 2.05) is 0 Å². The van der Waals surface area contributed by atoms with Crippen molar-refractivity contribution in [2.45, 2.75) is 24.4 Å². The summed E-state index contributed by atoms with van der Waals surface area (Å²) in [6, 6.07) is 0. The average Bonchev–Trinajstić information content (AvgIpc) is 2.89. The van der Waals surface area contributed by atoms with Gasteiger partial charge in [-0.3, -0.25) is 14.9 Å². The molecule has 0 radical (unpaired) electrons. The number of rotatable bonds is 4. The molecular weight excluding hydrogens is 316 g/mol. The monoisotopic (exact) mass is 332 g/mol. The van der Waals surface area contributed by atoms with E-state index in [0.717, 1.165) is 11.8 Å². The van der Waals surface area contributed by atoms with Crippen molar-refractivity contribution in [1.29, 1.82) is 0 Å². The predicted molar refractivity (Wildman–Crippen MR) is 76.6 cm³/mol. The third-order valence-corrected chi connectivity index (χ3v) is 5.90. The molecule has 1 saturated heterocycles. The third-order valence-electron chi connectivity index (χ3n) is 3.11. The van der Waals surface area contributed by atoms with Crippen molar-refractivity contribution in [2.75, 3.05) is 17.3 Å². The standard InChI is InChI=1S/C11H16N4O4S2/c1-7(16)12-9(17)5-20-11-14-13-10(15(11)2)8-3-4-21(18,19)6-8/h8H,3-6H2,1-2H3,(H,12,16,17)/t8-/m1/s1. The first-order valence-electron chi connectivity index (χ1n) is 6.31. The van der Waals surface area contributed by atoms with Gasteiger partial charge in [-0.1, -0.05) is 11.8 Å². The van der Waals surface area contributed by atoms with E-state index >= 15 is 0 Å². The molecule has 2 rings (SSSR count). The first-order chi connectivity index (χ1) is 9.78. The molecule has 1 aliphatic heterocycles. The largest absolute Gasteiger partial charge is 0.309 e. The van der Waals surface area contributed by atoms with Gasteiger partial charge >= 0.3 is 0 Å². The molecule has 0 saturated carbocycles. The van der Waals surface area contributed by atoms with Gasteiger partial charge in [0.1, 0.15) is 5.82 Å². The zero-order chi connectivity index (χ0) is 15.6. The van der Waals surface area contributed by atoms with Gasteiger partial charge < -0.3 is 4.57 Å². The third kappa shape index (κ3) is 4.03. The van der Waals surface area contributed by atoms with Gasteiger partial charge in [-0.2, -0.15) is 0 Å². The zero-order valence-electron chi connectivity index (χ0n) is 11.7. The summed E-state index contributed by atoms with van der Waals surface area (Å²) in [7, 11) is -1.24. The number of sulfone groups is 1. The van der Waals surface area contributed by atoms with Crippen LogP contribution in [0.4, 0.5) is 0 Å². The normalized spacial score (nSPS) is 20.4. The van der Waals surface area contributed by atoms with Crippen LogP contribution in [0.5, 0.6) is 0 Å². The van der Waals surface area contributed by atoms with Gasteiger partial charge in [-0.25, -0.2) is 8.42 Å². The molecule has 1 aliphatic rings. The van der Waals surface area contributed by atoms with E-state index in [0.29, 0.717) is 17.4 Å². The number of hydrogen-bond acceptors (Lipinski definition) is 7. The van der Waals surface area contributed by atoms with E-state index in [-0.39, 0.29) is 23.2 Å². The molecule has 2 amide bonds. The van der Waals surface area contributed by atoms with E-state index in [1.165, 1.54) is 6.92 Å². The van der Waals surface area contributed by atoms with E-state index < -0.39 is 21.7 Å². The van der Waals surface area contributed by atoms with Crippen molar-refractivity contribution in [3.8, 4) is 0 Å². The molecule has 116 valence electrons. The number of aromatic nitrogens is 3. The fraction of sp³-hybridized carbons (Fsp3) is 0.636. The summed E-state index contributed by atoms with van der Waals surface area (Å²) in [5, 5.41) is 10.7. The molecule has 1 aromatic heterocycles. The molecule has 8 nitrogen and oxygen atoms in total. The maximum Gasteiger partial charge on any atom is 0.237 e. The minimum atomic E-state index is -2.98. The van der Waals surface area contributed by atoms with E-state index in [4.69, 9.17) is 0 Å². The first-order valence-corrected chi connectivity index (χ1v) is 9.12. The van der Waals surface area contributed by atoms with Crippen LogP contribution in [0.25, 0.3) is 0 Å². The minimum Gasteiger partial charge on any atom is -0.309 e. The van der Waals surface area contributed by atoms with Gasteiger partial charge in [-0.15, -0.1) is 10.2 Å². The van der Waals surface area contributed by atoms with Crippen molar-refractivity contribution in [1.82, 2.24) is 20.1 Å².